The highest BCUT2D eigenvalue weighted by atomic mass is 16.2. The van der Waals surface area contributed by atoms with Gasteiger partial charge in [-0.15, -0.1) is 10.2 Å². The van der Waals surface area contributed by atoms with Crippen molar-refractivity contribution < 1.29 is 9.59 Å². The number of rotatable bonds is 5. The van der Waals surface area contributed by atoms with Crippen molar-refractivity contribution in [1.82, 2.24) is 25.0 Å². The summed E-state index contributed by atoms with van der Waals surface area (Å²) in [7, 11) is 0. The molecule has 1 aliphatic heterocycles. The zero-order chi connectivity index (χ0) is 20.2. The first-order valence-corrected chi connectivity index (χ1v) is 9.69. The molecule has 0 fully saturated rings. The Labute approximate surface area is 169 Å². The van der Waals surface area contributed by atoms with Gasteiger partial charge in [0, 0.05) is 18.5 Å². The summed E-state index contributed by atoms with van der Waals surface area (Å²) in [6.45, 7) is 2.98. The molecule has 0 bridgehead atoms. The number of amides is 2. The highest BCUT2D eigenvalue weighted by molar-refractivity contribution is 5.96. The van der Waals surface area contributed by atoms with Gasteiger partial charge in [0.25, 0.3) is 5.91 Å². The summed E-state index contributed by atoms with van der Waals surface area (Å²) in [6.07, 6.45) is 0.708. The molecule has 1 N–H and O–H groups in total. The van der Waals surface area contributed by atoms with Crippen molar-refractivity contribution in [2.75, 3.05) is 13.1 Å². The summed E-state index contributed by atoms with van der Waals surface area (Å²) in [5, 5.41) is 11.4. The molecule has 29 heavy (non-hydrogen) atoms. The average Bonchev–Trinajstić information content (AvgIpc) is 3.16. The van der Waals surface area contributed by atoms with Crippen LogP contribution in [0.15, 0.2) is 60.7 Å². The van der Waals surface area contributed by atoms with E-state index in [1.807, 2.05) is 24.3 Å². The first kappa shape index (κ1) is 18.9. The molecule has 0 spiro atoms. The minimum atomic E-state index is -0.252. The summed E-state index contributed by atoms with van der Waals surface area (Å²) < 4.78 is 2.12. The lowest BCUT2D eigenvalue weighted by Crippen LogP contribution is -2.45. The molecule has 0 saturated carbocycles. The Morgan fingerprint density at radius 2 is 1.72 bits per heavy atom. The molecule has 7 heteroatoms. The van der Waals surface area contributed by atoms with Crippen LogP contribution >= 0.6 is 0 Å². The highest BCUT2D eigenvalue weighted by Crippen LogP contribution is 2.22. The van der Waals surface area contributed by atoms with Crippen LogP contribution < -0.4 is 5.32 Å². The lowest BCUT2D eigenvalue weighted by atomic mass is 10.1. The molecule has 3 aromatic rings. The van der Waals surface area contributed by atoms with Gasteiger partial charge >= 0.3 is 0 Å². The number of nitrogens with one attached hydrogen (secondary N) is 1. The lowest BCUT2D eigenvalue weighted by Gasteiger charge is -2.32. The van der Waals surface area contributed by atoms with Gasteiger partial charge in [-0.3, -0.25) is 9.59 Å². The van der Waals surface area contributed by atoms with E-state index in [4.69, 9.17) is 0 Å². The van der Waals surface area contributed by atoms with E-state index in [9.17, 15) is 9.59 Å². The Balaban J connectivity index is 1.40. The molecule has 2 aromatic carbocycles. The third-order valence-corrected chi connectivity index (χ3v) is 5.09. The maximum atomic E-state index is 12.6. The number of carbonyl (C=O) groups is 2. The number of hydrogen-bond acceptors (Lipinski definition) is 4. The van der Waals surface area contributed by atoms with Crippen molar-refractivity contribution in [1.29, 1.82) is 0 Å². The fraction of sp³-hybridized carbons (Fsp3) is 0.273. The Kier molecular flexibility index (Phi) is 5.37. The first-order chi connectivity index (χ1) is 14.1. The summed E-state index contributed by atoms with van der Waals surface area (Å²) in [5.41, 5.74) is 1.72. The second-order valence-corrected chi connectivity index (χ2v) is 7.24. The monoisotopic (exact) mass is 389 g/mol. The van der Waals surface area contributed by atoms with Crippen LogP contribution in [0.3, 0.4) is 0 Å². The van der Waals surface area contributed by atoms with Gasteiger partial charge in [0.15, 0.2) is 5.82 Å². The van der Waals surface area contributed by atoms with Crippen molar-refractivity contribution in [2.24, 2.45) is 0 Å². The molecule has 4 rings (SSSR count). The molecular weight excluding hydrogens is 366 g/mol. The van der Waals surface area contributed by atoms with Gasteiger partial charge in [0.2, 0.25) is 5.91 Å². The molecule has 0 saturated heterocycles. The van der Waals surface area contributed by atoms with E-state index in [1.165, 1.54) is 5.56 Å². The Morgan fingerprint density at radius 3 is 2.45 bits per heavy atom. The van der Waals surface area contributed by atoms with E-state index in [2.05, 4.69) is 39.1 Å². The van der Waals surface area contributed by atoms with Crippen molar-refractivity contribution in [3.05, 3.63) is 83.4 Å². The van der Waals surface area contributed by atoms with E-state index in [-0.39, 0.29) is 24.4 Å². The van der Waals surface area contributed by atoms with Gasteiger partial charge in [-0.05, 0) is 24.6 Å². The number of benzene rings is 2. The van der Waals surface area contributed by atoms with Crippen LogP contribution in [0.2, 0.25) is 0 Å². The molecule has 1 aliphatic rings. The molecule has 148 valence electrons. The standard InChI is InChI=1S/C22H23N5O2/c1-16-14-26(21(28)13-23-22(29)18-10-6-3-7-11-18)15-20-25-24-19(27(16)20)12-17-8-4-2-5-9-17/h2-11,16H,12-15H2,1H3,(H,23,29)/t16-/m0/s1. The van der Waals surface area contributed by atoms with Crippen LogP contribution in [-0.2, 0) is 17.8 Å². The smallest absolute Gasteiger partial charge is 0.251 e. The van der Waals surface area contributed by atoms with Crippen molar-refractivity contribution in [2.45, 2.75) is 25.9 Å². The van der Waals surface area contributed by atoms with Gasteiger partial charge in [-0.1, -0.05) is 48.5 Å². The quantitative estimate of drug-likeness (QED) is 0.726. The van der Waals surface area contributed by atoms with Gasteiger partial charge < -0.3 is 14.8 Å². The van der Waals surface area contributed by atoms with E-state index >= 15 is 0 Å². The normalized spacial score (nSPS) is 15.6. The van der Waals surface area contributed by atoms with Crippen molar-refractivity contribution in [3.63, 3.8) is 0 Å². The molecule has 1 atom stereocenters. The number of aromatic nitrogens is 3. The maximum Gasteiger partial charge on any atom is 0.251 e. The van der Waals surface area contributed by atoms with E-state index in [1.54, 1.807) is 29.2 Å². The fourth-order valence-electron chi connectivity index (χ4n) is 3.66. The largest absolute Gasteiger partial charge is 0.343 e. The van der Waals surface area contributed by atoms with E-state index in [0.717, 1.165) is 11.6 Å². The highest BCUT2D eigenvalue weighted by Gasteiger charge is 2.29. The van der Waals surface area contributed by atoms with Crippen LogP contribution in [0.25, 0.3) is 0 Å². The molecule has 2 amide bonds. The summed E-state index contributed by atoms with van der Waals surface area (Å²) >= 11 is 0. The third-order valence-electron chi connectivity index (χ3n) is 5.09. The molecule has 1 aromatic heterocycles. The number of hydrogen-bond donors (Lipinski definition) is 1. The average molecular weight is 389 g/mol. The van der Waals surface area contributed by atoms with Gasteiger partial charge in [0.1, 0.15) is 5.82 Å². The lowest BCUT2D eigenvalue weighted by molar-refractivity contribution is -0.132. The molecule has 0 unspecified atom stereocenters. The zero-order valence-electron chi connectivity index (χ0n) is 16.3. The van der Waals surface area contributed by atoms with Crippen molar-refractivity contribution >= 4 is 11.8 Å². The molecule has 0 radical (unpaired) electrons. The molecule has 7 nitrogen and oxygen atoms in total. The number of nitrogens with zero attached hydrogens (tertiary/aromatic N) is 4. The van der Waals surface area contributed by atoms with Gasteiger partial charge in [-0.2, -0.15) is 0 Å². The molecule has 2 heterocycles. The van der Waals surface area contributed by atoms with Crippen LogP contribution in [0.5, 0.6) is 0 Å². The summed E-state index contributed by atoms with van der Waals surface area (Å²) in [6, 6.07) is 19.1. The summed E-state index contributed by atoms with van der Waals surface area (Å²) in [4.78, 5) is 26.5. The van der Waals surface area contributed by atoms with E-state index < -0.39 is 0 Å². The maximum absolute atomic E-state index is 12.6. The van der Waals surface area contributed by atoms with Crippen LogP contribution in [-0.4, -0.2) is 44.6 Å². The third kappa shape index (κ3) is 4.18. The predicted molar refractivity (Wildman–Crippen MR) is 108 cm³/mol. The Hall–Kier alpha value is -3.48. The first-order valence-electron chi connectivity index (χ1n) is 9.69. The molecule has 0 aliphatic carbocycles. The van der Waals surface area contributed by atoms with E-state index in [0.29, 0.717) is 25.1 Å². The van der Waals surface area contributed by atoms with Gasteiger partial charge in [0.05, 0.1) is 19.1 Å². The SMILES string of the molecule is C[C@H]1CN(C(=O)CNC(=O)c2ccccc2)Cc2nnc(Cc3ccccc3)n21. The van der Waals surface area contributed by atoms with Gasteiger partial charge in [-0.25, -0.2) is 0 Å². The van der Waals surface area contributed by atoms with Crippen LogP contribution in [0.1, 0.15) is 40.5 Å². The van der Waals surface area contributed by atoms with Crippen molar-refractivity contribution in [3.8, 4) is 0 Å². The Morgan fingerprint density at radius 1 is 1.03 bits per heavy atom. The zero-order valence-corrected chi connectivity index (χ0v) is 16.3. The topological polar surface area (TPSA) is 80.1 Å². The second kappa shape index (κ2) is 8.26. The Bertz CT molecular complexity index is 1000. The minimum absolute atomic E-state index is 0.0363. The minimum Gasteiger partial charge on any atom is -0.343 e. The van der Waals surface area contributed by atoms with Crippen LogP contribution in [0.4, 0.5) is 0 Å². The fourth-order valence-corrected chi connectivity index (χ4v) is 3.66. The predicted octanol–water partition coefficient (Wildman–Crippen LogP) is 2.20. The molecular formula is C22H23N5O2. The second-order valence-electron chi connectivity index (χ2n) is 7.24. The number of fused-ring (bicyclic) bond motifs is 1. The summed E-state index contributed by atoms with van der Waals surface area (Å²) in [5.74, 6) is 1.30. The van der Waals surface area contributed by atoms with Crippen LogP contribution in [0, 0.1) is 0 Å². The number of carbonyl (C=O) groups excluding carboxylic acids is 2.